The third kappa shape index (κ3) is 1.58. The van der Waals surface area contributed by atoms with Gasteiger partial charge in [0.15, 0.2) is 5.78 Å². The maximum Gasteiger partial charge on any atom is 0.162 e. The van der Waals surface area contributed by atoms with Crippen molar-refractivity contribution in [2.75, 3.05) is 0 Å². The van der Waals surface area contributed by atoms with Gasteiger partial charge in [0.25, 0.3) is 0 Å². The third-order valence-corrected chi connectivity index (χ3v) is 2.42. The minimum absolute atomic E-state index is 0.0479. The first-order valence-corrected chi connectivity index (χ1v) is 4.09. The molecule has 0 aromatic carbocycles. The number of carbonyl (C=O) groups is 1. The van der Waals surface area contributed by atoms with Crippen LogP contribution in [0.2, 0.25) is 0 Å². The lowest BCUT2D eigenvalue weighted by Crippen LogP contribution is -2.18. The number of carbonyl (C=O) groups excluding carboxylic acids is 1. The average molecular weight is 166 g/mol. The highest BCUT2D eigenvalue weighted by molar-refractivity contribution is 5.96. The molecule has 0 spiro atoms. The molecule has 2 nitrogen and oxygen atoms in total. The highest BCUT2D eigenvalue weighted by Gasteiger charge is 2.24. The summed E-state index contributed by atoms with van der Waals surface area (Å²) in [6, 6.07) is 0. The zero-order valence-corrected chi connectivity index (χ0v) is 7.55. The zero-order chi connectivity index (χ0) is 9.30. The summed E-state index contributed by atoms with van der Waals surface area (Å²) in [6.07, 6.45) is 1.08. The number of aliphatic hydroxyl groups is 1. The van der Waals surface area contributed by atoms with E-state index in [-0.39, 0.29) is 17.5 Å². The SMILES string of the molecule is C=C(C)[C@H]1CC(=O)C(C)=C(O)C1. The molecule has 0 saturated heterocycles. The number of hydrogen-bond donors (Lipinski definition) is 1. The molecule has 66 valence electrons. The Labute approximate surface area is 72.6 Å². The van der Waals surface area contributed by atoms with Crippen molar-refractivity contribution in [3.05, 3.63) is 23.5 Å². The van der Waals surface area contributed by atoms with Gasteiger partial charge in [-0.1, -0.05) is 12.2 Å². The van der Waals surface area contributed by atoms with Gasteiger partial charge in [0.05, 0.1) is 5.76 Å². The van der Waals surface area contributed by atoms with Gasteiger partial charge in [-0.15, -0.1) is 0 Å². The van der Waals surface area contributed by atoms with Crippen LogP contribution in [0.25, 0.3) is 0 Å². The van der Waals surface area contributed by atoms with Gasteiger partial charge in [0.2, 0.25) is 0 Å². The molecule has 0 aliphatic heterocycles. The van der Waals surface area contributed by atoms with Gasteiger partial charge in [0.1, 0.15) is 0 Å². The average Bonchev–Trinajstić information content (AvgIpc) is 1.99. The van der Waals surface area contributed by atoms with Crippen LogP contribution in [0.3, 0.4) is 0 Å². The Hall–Kier alpha value is -1.05. The Kier molecular flexibility index (Phi) is 2.36. The number of Topliss-reactive ketones (excluding diaryl/α,β-unsaturated/α-hetero) is 1. The van der Waals surface area contributed by atoms with Gasteiger partial charge in [-0.2, -0.15) is 0 Å². The van der Waals surface area contributed by atoms with Gasteiger partial charge in [-0.25, -0.2) is 0 Å². The van der Waals surface area contributed by atoms with Crippen LogP contribution in [-0.2, 0) is 4.79 Å². The highest BCUT2D eigenvalue weighted by atomic mass is 16.3. The number of aliphatic hydroxyl groups excluding tert-OH is 1. The van der Waals surface area contributed by atoms with Crippen molar-refractivity contribution in [2.24, 2.45) is 5.92 Å². The molecule has 0 aromatic rings. The van der Waals surface area contributed by atoms with Crippen molar-refractivity contribution in [3.8, 4) is 0 Å². The van der Waals surface area contributed by atoms with Crippen LogP contribution >= 0.6 is 0 Å². The van der Waals surface area contributed by atoms with E-state index in [4.69, 9.17) is 0 Å². The van der Waals surface area contributed by atoms with E-state index in [0.717, 1.165) is 5.57 Å². The quantitative estimate of drug-likeness (QED) is 0.607. The summed E-state index contributed by atoms with van der Waals surface area (Å²) >= 11 is 0. The second-order valence-electron chi connectivity index (χ2n) is 3.45. The van der Waals surface area contributed by atoms with Crippen molar-refractivity contribution in [2.45, 2.75) is 26.7 Å². The standard InChI is InChI=1S/C10H14O2/c1-6(2)8-4-9(11)7(3)10(12)5-8/h8,11H,1,4-5H2,2-3H3/t8-/m1/s1. The van der Waals surface area contributed by atoms with Crippen molar-refractivity contribution in [3.63, 3.8) is 0 Å². The Morgan fingerprint density at radius 1 is 1.58 bits per heavy atom. The van der Waals surface area contributed by atoms with E-state index in [1.807, 2.05) is 6.92 Å². The fourth-order valence-corrected chi connectivity index (χ4v) is 1.34. The molecule has 0 heterocycles. The maximum absolute atomic E-state index is 11.3. The Balaban J connectivity index is 2.85. The number of hydrogen-bond acceptors (Lipinski definition) is 2. The normalized spacial score (nSPS) is 24.5. The van der Waals surface area contributed by atoms with E-state index in [9.17, 15) is 9.90 Å². The monoisotopic (exact) mass is 166 g/mol. The second-order valence-corrected chi connectivity index (χ2v) is 3.45. The first-order chi connectivity index (χ1) is 5.52. The zero-order valence-electron chi connectivity index (χ0n) is 7.55. The Bertz CT molecular complexity index is 261. The van der Waals surface area contributed by atoms with Gasteiger partial charge in [0, 0.05) is 18.4 Å². The first-order valence-electron chi connectivity index (χ1n) is 4.09. The molecule has 0 saturated carbocycles. The molecule has 1 aliphatic carbocycles. The predicted octanol–water partition coefficient (Wildman–Crippen LogP) is 2.37. The fourth-order valence-electron chi connectivity index (χ4n) is 1.34. The molecule has 0 fully saturated rings. The molecular weight excluding hydrogens is 152 g/mol. The van der Waals surface area contributed by atoms with Crippen molar-refractivity contribution >= 4 is 5.78 Å². The van der Waals surface area contributed by atoms with Crippen molar-refractivity contribution in [1.29, 1.82) is 0 Å². The Morgan fingerprint density at radius 3 is 2.58 bits per heavy atom. The number of rotatable bonds is 1. The van der Waals surface area contributed by atoms with Crippen LogP contribution in [0.5, 0.6) is 0 Å². The molecule has 0 aromatic heterocycles. The number of ketones is 1. The van der Waals surface area contributed by atoms with Crippen LogP contribution in [0.4, 0.5) is 0 Å². The second kappa shape index (κ2) is 3.13. The summed E-state index contributed by atoms with van der Waals surface area (Å²) in [6.45, 7) is 7.35. The summed E-state index contributed by atoms with van der Waals surface area (Å²) in [5.41, 5.74) is 1.50. The minimum Gasteiger partial charge on any atom is -0.512 e. The van der Waals surface area contributed by atoms with E-state index in [2.05, 4.69) is 6.58 Å². The largest absolute Gasteiger partial charge is 0.512 e. The summed E-state index contributed by atoms with van der Waals surface area (Å²) < 4.78 is 0. The third-order valence-electron chi connectivity index (χ3n) is 2.42. The topological polar surface area (TPSA) is 37.3 Å². The van der Waals surface area contributed by atoms with Gasteiger partial charge >= 0.3 is 0 Å². The molecule has 1 rings (SSSR count). The van der Waals surface area contributed by atoms with Crippen LogP contribution in [-0.4, -0.2) is 10.9 Å². The van der Waals surface area contributed by atoms with Crippen molar-refractivity contribution < 1.29 is 9.90 Å². The summed E-state index contributed by atoms with van der Waals surface area (Å²) in [5, 5.41) is 9.39. The molecule has 2 heteroatoms. The molecule has 0 radical (unpaired) electrons. The summed E-state index contributed by atoms with van der Waals surface area (Å²) in [4.78, 5) is 11.3. The lowest BCUT2D eigenvalue weighted by atomic mass is 9.84. The van der Waals surface area contributed by atoms with E-state index in [0.29, 0.717) is 18.4 Å². The van der Waals surface area contributed by atoms with E-state index < -0.39 is 0 Å². The Morgan fingerprint density at radius 2 is 2.17 bits per heavy atom. The van der Waals surface area contributed by atoms with Crippen LogP contribution in [0.1, 0.15) is 26.7 Å². The minimum atomic E-state index is 0.0479. The molecule has 0 bridgehead atoms. The lowest BCUT2D eigenvalue weighted by molar-refractivity contribution is -0.117. The van der Waals surface area contributed by atoms with Gasteiger partial charge in [-0.05, 0) is 19.8 Å². The van der Waals surface area contributed by atoms with Gasteiger partial charge < -0.3 is 5.11 Å². The lowest BCUT2D eigenvalue weighted by Gasteiger charge is -2.21. The number of allylic oxidation sites excluding steroid dienone is 3. The molecule has 0 unspecified atom stereocenters. The first kappa shape index (κ1) is 9.04. The fraction of sp³-hybridized carbons (Fsp3) is 0.500. The molecule has 1 N–H and O–H groups in total. The summed E-state index contributed by atoms with van der Waals surface area (Å²) in [7, 11) is 0. The molecule has 1 aliphatic rings. The van der Waals surface area contributed by atoms with Gasteiger partial charge in [-0.3, -0.25) is 4.79 Å². The molecule has 1 atom stereocenters. The van der Waals surface area contributed by atoms with E-state index in [1.165, 1.54) is 0 Å². The van der Waals surface area contributed by atoms with E-state index >= 15 is 0 Å². The van der Waals surface area contributed by atoms with Crippen LogP contribution in [0, 0.1) is 5.92 Å². The molecule has 0 amide bonds. The van der Waals surface area contributed by atoms with Crippen LogP contribution < -0.4 is 0 Å². The molecular formula is C10H14O2. The summed E-state index contributed by atoms with van der Waals surface area (Å²) in [5.74, 6) is 0.423. The highest BCUT2D eigenvalue weighted by Crippen LogP contribution is 2.29. The predicted molar refractivity (Wildman–Crippen MR) is 47.9 cm³/mol. The van der Waals surface area contributed by atoms with Crippen LogP contribution in [0.15, 0.2) is 23.5 Å². The molecule has 12 heavy (non-hydrogen) atoms. The maximum atomic E-state index is 11.3. The van der Waals surface area contributed by atoms with E-state index in [1.54, 1.807) is 6.92 Å². The van der Waals surface area contributed by atoms with Crippen molar-refractivity contribution in [1.82, 2.24) is 0 Å². The smallest absolute Gasteiger partial charge is 0.162 e.